The van der Waals surface area contributed by atoms with Crippen LogP contribution in [-0.4, -0.2) is 9.97 Å². The second kappa shape index (κ2) is 7.76. The second-order valence-electron chi connectivity index (χ2n) is 9.96. The molecule has 0 spiro atoms. The standard InChI is InChI=1S/C33H25N3/c1-33(2)27-11-5-7-13-29(27)36(30-14-8-6-12-28(30)33)25-19-17-23(18-20-25)32-34-21-24-16-15-22-9-3-4-10-26(22)31(24)35-32/h3-21H,1-2H3. The summed E-state index contributed by atoms with van der Waals surface area (Å²) >= 11 is 0. The van der Waals surface area contributed by atoms with E-state index in [-0.39, 0.29) is 5.41 Å². The highest BCUT2D eigenvalue weighted by Crippen LogP contribution is 2.51. The predicted molar refractivity (Wildman–Crippen MR) is 149 cm³/mol. The Morgan fingerprint density at radius 3 is 1.94 bits per heavy atom. The first-order valence-corrected chi connectivity index (χ1v) is 12.4. The van der Waals surface area contributed by atoms with Crippen LogP contribution in [0.25, 0.3) is 33.1 Å². The summed E-state index contributed by atoms with van der Waals surface area (Å²) in [5.74, 6) is 0.742. The highest BCUT2D eigenvalue weighted by molar-refractivity contribution is 6.05. The molecule has 0 aliphatic carbocycles. The highest BCUT2D eigenvalue weighted by atomic mass is 15.2. The van der Waals surface area contributed by atoms with Crippen molar-refractivity contribution in [3.8, 4) is 11.4 Å². The van der Waals surface area contributed by atoms with Gasteiger partial charge in [0, 0.05) is 33.6 Å². The maximum absolute atomic E-state index is 4.98. The molecule has 5 aromatic carbocycles. The van der Waals surface area contributed by atoms with E-state index in [1.807, 2.05) is 6.20 Å². The lowest BCUT2D eigenvalue weighted by molar-refractivity contribution is 0.632. The third kappa shape index (κ3) is 3.06. The molecule has 0 amide bonds. The second-order valence-corrected chi connectivity index (χ2v) is 9.96. The van der Waals surface area contributed by atoms with Crippen LogP contribution in [0.2, 0.25) is 0 Å². The quantitative estimate of drug-likeness (QED) is 0.241. The van der Waals surface area contributed by atoms with Gasteiger partial charge in [0.2, 0.25) is 0 Å². The van der Waals surface area contributed by atoms with E-state index in [1.54, 1.807) is 0 Å². The molecule has 7 rings (SSSR count). The molecule has 0 unspecified atom stereocenters. The number of nitrogens with zero attached hydrogens (tertiary/aromatic N) is 3. The topological polar surface area (TPSA) is 29.0 Å². The molecule has 1 aliphatic rings. The summed E-state index contributed by atoms with van der Waals surface area (Å²) in [6, 6.07) is 38.7. The summed E-state index contributed by atoms with van der Waals surface area (Å²) in [5, 5.41) is 3.40. The van der Waals surface area contributed by atoms with Gasteiger partial charge in [0.15, 0.2) is 5.82 Å². The van der Waals surface area contributed by atoms with Crippen molar-refractivity contribution < 1.29 is 0 Å². The number of anilines is 3. The Morgan fingerprint density at radius 1 is 0.611 bits per heavy atom. The zero-order valence-corrected chi connectivity index (χ0v) is 20.3. The number of aromatic nitrogens is 2. The minimum Gasteiger partial charge on any atom is -0.310 e. The Morgan fingerprint density at radius 2 is 1.22 bits per heavy atom. The Hall–Kier alpha value is -4.50. The molecular formula is C33H25N3. The third-order valence-corrected chi connectivity index (χ3v) is 7.50. The lowest BCUT2D eigenvalue weighted by Gasteiger charge is -2.42. The van der Waals surface area contributed by atoms with E-state index >= 15 is 0 Å². The zero-order chi connectivity index (χ0) is 24.3. The average molecular weight is 464 g/mol. The molecule has 172 valence electrons. The van der Waals surface area contributed by atoms with Crippen molar-refractivity contribution in [3.05, 3.63) is 127 Å². The fraction of sp³-hybridized carbons (Fsp3) is 0.0909. The maximum Gasteiger partial charge on any atom is 0.159 e. The molecule has 0 radical (unpaired) electrons. The van der Waals surface area contributed by atoms with Crippen molar-refractivity contribution in [2.75, 3.05) is 4.90 Å². The first kappa shape index (κ1) is 20.8. The van der Waals surface area contributed by atoms with Crippen molar-refractivity contribution in [1.29, 1.82) is 0 Å². The van der Waals surface area contributed by atoms with Crippen molar-refractivity contribution in [3.63, 3.8) is 0 Å². The van der Waals surface area contributed by atoms with Gasteiger partial charge in [0.05, 0.1) is 16.9 Å². The van der Waals surface area contributed by atoms with Crippen LogP contribution in [0.15, 0.2) is 115 Å². The summed E-state index contributed by atoms with van der Waals surface area (Å²) in [6.45, 7) is 4.62. The highest BCUT2D eigenvalue weighted by Gasteiger charge is 2.36. The smallest absolute Gasteiger partial charge is 0.159 e. The molecule has 6 aromatic rings. The molecule has 0 N–H and O–H groups in total. The Bertz CT molecular complexity index is 1720. The summed E-state index contributed by atoms with van der Waals surface area (Å²) in [7, 11) is 0. The van der Waals surface area contributed by atoms with Crippen molar-refractivity contribution in [2.24, 2.45) is 0 Å². The molecule has 0 bridgehead atoms. The fourth-order valence-electron chi connectivity index (χ4n) is 5.61. The molecule has 2 heterocycles. The minimum absolute atomic E-state index is 0.0642. The van der Waals surface area contributed by atoms with Gasteiger partial charge in [0.25, 0.3) is 0 Å². The van der Waals surface area contributed by atoms with Gasteiger partial charge in [-0.2, -0.15) is 0 Å². The van der Waals surface area contributed by atoms with E-state index in [0.717, 1.165) is 33.4 Å². The van der Waals surface area contributed by atoms with E-state index in [1.165, 1.54) is 27.9 Å². The molecular weight excluding hydrogens is 438 g/mol. The molecule has 3 heteroatoms. The largest absolute Gasteiger partial charge is 0.310 e. The molecule has 0 saturated carbocycles. The van der Waals surface area contributed by atoms with E-state index in [0.29, 0.717) is 0 Å². The molecule has 36 heavy (non-hydrogen) atoms. The first-order chi connectivity index (χ1) is 17.6. The molecule has 3 nitrogen and oxygen atoms in total. The predicted octanol–water partition coefficient (Wildman–Crippen LogP) is 8.56. The lowest BCUT2D eigenvalue weighted by atomic mass is 9.73. The SMILES string of the molecule is CC1(C)c2ccccc2N(c2ccc(-c3ncc4ccc5ccccc5c4n3)cc2)c2ccccc21. The van der Waals surface area contributed by atoms with Gasteiger partial charge in [0.1, 0.15) is 0 Å². The maximum atomic E-state index is 4.98. The van der Waals surface area contributed by atoms with E-state index in [2.05, 4.69) is 128 Å². The summed E-state index contributed by atoms with van der Waals surface area (Å²) in [5.41, 5.74) is 8.17. The van der Waals surface area contributed by atoms with Gasteiger partial charge in [-0.15, -0.1) is 0 Å². The van der Waals surface area contributed by atoms with Crippen LogP contribution in [0, 0.1) is 0 Å². The van der Waals surface area contributed by atoms with Crippen LogP contribution < -0.4 is 4.90 Å². The van der Waals surface area contributed by atoms with Gasteiger partial charge >= 0.3 is 0 Å². The average Bonchev–Trinajstić information content (AvgIpc) is 2.93. The number of hydrogen-bond donors (Lipinski definition) is 0. The van der Waals surface area contributed by atoms with Crippen LogP contribution in [0.5, 0.6) is 0 Å². The summed E-state index contributed by atoms with van der Waals surface area (Å²) < 4.78 is 0. The van der Waals surface area contributed by atoms with Gasteiger partial charge in [-0.3, -0.25) is 0 Å². The van der Waals surface area contributed by atoms with Gasteiger partial charge in [-0.25, -0.2) is 9.97 Å². The Labute approximate surface area is 210 Å². The zero-order valence-electron chi connectivity index (χ0n) is 20.3. The van der Waals surface area contributed by atoms with Crippen LogP contribution in [0.1, 0.15) is 25.0 Å². The monoisotopic (exact) mass is 463 g/mol. The van der Waals surface area contributed by atoms with Crippen molar-refractivity contribution in [1.82, 2.24) is 9.97 Å². The van der Waals surface area contributed by atoms with Gasteiger partial charge < -0.3 is 4.90 Å². The van der Waals surface area contributed by atoms with Crippen LogP contribution in [0.4, 0.5) is 17.1 Å². The first-order valence-electron chi connectivity index (χ1n) is 12.4. The normalized spacial score (nSPS) is 14.0. The van der Waals surface area contributed by atoms with Crippen molar-refractivity contribution >= 4 is 38.7 Å². The lowest BCUT2D eigenvalue weighted by Crippen LogP contribution is -2.30. The van der Waals surface area contributed by atoms with Crippen LogP contribution in [0.3, 0.4) is 0 Å². The minimum atomic E-state index is -0.0642. The third-order valence-electron chi connectivity index (χ3n) is 7.50. The molecule has 0 atom stereocenters. The van der Waals surface area contributed by atoms with Gasteiger partial charge in [-0.05, 0) is 52.9 Å². The van der Waals surface area contributed by atoms with Crippen molar-refractivity contribution in [2.45, 2.75) is 19.3 Å². The Balaban J connectivity index is 1.34. The number of rotatable bonds is 2. The number of hydrogen-bond acceptors (Lipinski definition) is 3. The number of para-hydroxylation sites is 2. The fourth-order valence-corrected chi connectivity index (χ4v) is 5.61. The number of fused-ring (bicyclic) bond motifs is 5. The summed E-state index contributed by atoms with van der Waals surface area (Å²) in [6.07, 6.45) is 1.93. The van der Waals surface area contributed by atoms with Crippen LogP contribution in [-0.2, 0) is 5.41 Å². The molecule has 0 fully saturated rings. The van der Waals surface area contributed by atoms with Crippen LogP contribution >= 0.6 is 0 Å². The molecule has 1 aromatic heterocycles. The molecule has 1 aliphatic heterocycles. The number of benzene rings is 5. The summed E-state index contributed by atoms with van der Waals surface area (Å²) in [4.78, 5) is 12.0. The molecule has 0 saturated heterocycles. The van der Waals surface area contributed by atoms with E-state index in [9.17, 15) is 0 Å². The van der Waals surface area contributed by atoms with Gasteiger partial charge in [-0.1, -0.05) is 86.6 Å². The van der Waals surface area contributed by atoms with E-state index < -0.39 is 0 Å². The van der Waals surface area contributed by atoms with E-state index in [4.69, 9.17) is 9.97 Å². The Kier molecular flexibility index (Phi) is 4.49.